The highest BCUT2D eigenvalue weighted by Crippen LogP contribution is 2.40. The lowest BCUT2D eigenvalue weighted by atomic mass is 9.95. The van der Waals surface area contributed by atoms with Crippen LogP contribution in [-0.2, 0) is 12.5 Å². The van der Waals surface area contributed by atoms with E-state index in [1.807, 2.05) is 7.05 Å². The Morgan fingerprint density at radius 2 is 1.86 bits per heavy atom. The molecule has 0 N–H and O–H groups in total. The van der Waals surface area contributed by atoms with Crippen molar-refractivity contribution in [2.45, 2.75) is 51.4 Å². The molecule has 158 valence electrons. The van der Waals surface area contributed by atoms with Gasteiger partial charge >= 0.3 is 6.01 Å². The van der Waals surface area contributed by atoms with E-state index in [4.69, 9.17) is 14.7 Å². The molecule has 0 aromatic carbocycles. The number of hydrogen-bond donors (Lipinski definition) is 0. The molecule has 1 aliphatic heterocycles. The largest absolute Gasteiger partial charge is 0.464 e. The van der Waals surface area contributed by atoms with Crippen LogP contribution in [0.25, 0.3) is 0 Å². The van der Waals surface area contributed by atoms with E-state index in [2.05, 4.69) is 46.7 Å². The summed E-state index contributed by atoms with van der Waals surface area (Å²) in [7, 11) is 1.84. The predicted octanol–water partition coefficient (Wildman–Crippen LogP) is 2.37. The van der Waals surface area contributed by atoms with Crippen molar-refractivity contribution in [3.05, 3.63) is 23.9 Å². The Hall–Kier alpha value is -2.22. The molecule has 2 aromatic rings. The Balaban J connectivity index is 1.29. The third kappa shape index (κ3) is 5.04. The van der Waals surface area contributed by atoms with Crippen LogP contribution in [0.15, 0.2) is 12.4 Å². The maximum atomic E-state index is 5.68. The summed E-state index contributed by atoms with van der Waals surface area (Å²) in [5.41, 5.74) is 1.22. The van der Waals surface area contributed by atoms with Crippen LogP contribution < -0.4 is 9.64 Å². The van der Waals surface area contributed by atoms with Crippen molar-refractivity contribution in [3.8, 4) is 6.01 Å². The van der Waals surface area contributed by atoms with Crippen molar-refractivity contribution in [2.75, 3.05) is 44.2 Å². The molecule has 8 nitrogen and oxygen atoms in total. The van der Waals surface area contributed by atoms with Crippen molar-refractivity contribution in [1.29, 1.82) is 0 Å². The lowest BCUT2D eigenvalue weighted by Crippen LogP contribution is -2.47. The van der Waals surface area contributed by atoms with Crippen LogP contribution in [0, 0.1) is 0 Å². The summed E-state index contributed by atoms with van der Waals surface area (Å²) in [6, 6.07) is 2.82. The van der Waals surface area contributed by atoms with E-state index < -0.39 is 0 Å². The fraction of sp³-hybridized carbons (Fsp3) is 0.714. The van der Waals surface area contributed by atoms with Gasteiger partial charge in [-0.25, -0.2) is 14.6 Å². The molecular formula is C21H33N7O. The van der Waals surface area contributed by atoms with Gasteiger partial charge in [-0.15, -0.1) is 0 Å². The number of ether oxygens (including phenoxy) is 1. The SMILES string of the molecule is Cn1ncnc1OCCCN1CCN(c2cc(C3CC3)nc(C(C)(C)C)n2)CC1. The molecule has 2 aromatic heterocycles. The highest BCUT2D eigenvalue weighted by molar-refractivity contribution is 5.42. The molecule has 2 aliphatic rings. The van der Waals surface area contributed by atoms with E-state index in [1.165, 1.54) is 24.9 Å². The first-order valence-corrected chi connectivity index (χ1v) is 10.7. The average Bonchev–Trinajstić information content (AvgIpc) is 3.47. The van der Waals surface area contributed by atoms with E-state index in [0.717, 1.165) is 50.8 Å². The Morgan fingerprint density at radius 1 is 1.10 bits per heavy atom. The second kappa shape index (κ2) is 8.26. The summed E-state index contributed by atoms with van der Waals surface area (Å²) >= 11 is 0. The molecule has 0 bridgehead atoms. The van der Waals surface area contributed by atoms with E-state index >= 15 is 0 Å². The molecule has 29 heavy (non-hydrogen) atoms. The molecule has 0 radical (unpaired) electrons. The third-order valence-corrected chi connectivity index (χ3v) is 5.61. The normalized spacial score (nSPS) is 18.3. The lowest BCUT2D eigenvalue weighted by molar-refractivity contribution is 0.214. The van der Waals surface area contributed by atoms with Gasteiger partial charge < -0.3 is 9.64 Å². The zero-order chi connectivity index (χ0) is 20.4. The van der Waals surface area contributed by atoms with Crippen molar-refractivity contribution in [1.82, 2.24) is 29.6 Å². The number of aromatic nitrogens is 5. The smallest absolute Gasteiger partial charge is 0.314 e. The maximum absolute atomic E-state index is 5.68. The first-order valence-electron chi connectivity index (χ1n) is 10.7. The fourth-order valence-electron chi connectivity index (χ4n) is 3.61. The van der Waals surface area contributed by atoms with Gasteiger partial charge in [-0.3, -0.25) is 4.90 Å². The number of rotatable bonds is 7. The Kier molecular flexibility index (Phi) is 5.72. The van der Waals surface area contributed by atoms with Crippen molar-refractivity contribution >= 4 is 5.82 Å². The molecule has 0 atom stereocenters. The zero-order valence-electron chi connectivity index (χ0n) is 18.1. The number of nitrogens with zero attached hydrogens (tertiary/aromatic N) is 7. The van der Waals surface area contributed by atoms with Gasteiger partial charge in [-0.2, -0.15) is 10.1 Å². The number of piperazine rings is 1. The summed E-state index contributed by atoms with van der Waals surface area (Å²) in [4.78, 5) is 18.8. The summed E-state index contributed by atoms with van der Waals surface area (Å²) < 4.78 is 7.34. The first kappa shape index (κ1) is 20.1. The Morgan fingerprint density at radius 3 is 2.48 bits per heavy atom. The topological polar surface area (TPSA) is 72.2 Å². The minimum atomic E-state index is -0.0236. The number of aryl methyl sites for hydroxylation is 1. The second-order valence-corrected chi connectivity index (χ2v) is 9.20. The summed E-state index contributed by atoms with van der Waals surface area (Å²) in [6.45, 7) is 12.4. The van der Waals surface area contributed by atoms with Crippen LogP contribution in [0.5, 0.6) is 6.01 Å². The molecule has 1 saturated carbocycles. The first-order chi connectivity index (χ1) is 13.9. The summed E-state index contributed by atoms with van der Waals surface area (Å²) in [6.07, 6.45) is 5.04. The van der Waals surface area contributed by atoms with Crippen LogP contribution in [-0.4, -0.2) is 69.0 Å². The summed E-state index contributed by atoms with van der Waals surface area (Å²) in [5, 5.41) is 4.02. The van der Waals surface area contributed by atoms with Gasteiger partial charge in [-0.05, 0) is 19.3 Å². The van der Waals surface area contributed by atoms with Gasteiger partial charge in [0.2, 0.25) is 0 Å². The molecule has 3 heterocycles. The molecular weight excluding hydrogens is 366 g/mol. The number of hydrogen-bond acceptors (Lipinski definition) is 7. The van der Waals surface area contributed by atoms with E-state index in [0.29, 0.717) is 18.5 Å². The predicted molar refractivity (Wildman–Crippen MR) is 112 cm³/mol. The van der Waals surface area contributed by atoms with E-state index in [1.54, 1.807) is 4.68 Å². The minimum Gasteiger partial charge on any atom is -0.464 e. The zero-order valence-corrected chi connectivity index (χ0v) is 18.1. The molecule has 0 unspecified atom stereocenters. The molecule has 0 amide bonds. The van der Waals surface area contributed by atoms with E-state index in [-0.39, 0.29) is 5.41 Å². The Labute approximate surface area is 173 Å². The van der Waals surface area contributed by atoms with Gasteiger partial charge in [0, 0.05) is 62.9 Å². The van der Waals surface area contributed by atoms with Crippen LogP contribution >= 0.6 is 0 Å². The average molecular weight is 400 g/mol. The highest BCUT2D eigenvalue weighted by Gasteiger charge is 2.29. The van der Waals surface area contributed by atoms with Gasteiger partial charge in [0.1, 0.15) is 18.0 Å². The van der Waals surface area contributed by atoms with Crippen molar-refractivity contribution in [2.24, 2.45) is 7.05 Å². The van der Waals surface area contributed by atoms with Gasteiger partial charge in [-0.1, -0.05) is 20.8 Å². The van der Waals surface area contributed by atoms with Crippen molar-refractivity contribution < 1.29 is 4.74 Å². The van der Waals surface area contributed by atoms with Gasteiger partial charge in [0.15, 0.2) is 0 Å². The standard InChI is InChI=1S/C21H33N7O/c1-21(2,3)19-24-17(16-6-7-16)14-18(25-19)28-11-9-27(10-12-28)8-5-13-29-20-22-15-23-26(20)4/h14-16H,5-13H2,1-4H3. The van der Waals surface area contributed by atoms with Crippen LogP contribution in [0.3, 0.4) is 0 Å². The fourth-order valence-corrected chi connectivity index (χ4v) is 3.61. The van der Waals surface area contributed by atoms with Crippen LogP contribution in [0.2, 0.25) is 0 Å². The summed E-state index contributed by atoms with van der Waals surface area (Å²) in [5.74, 6) is 2.73. The Bertz CT molecular complexity index is 817. The van der Waals surface area contributed by atoms with Gasteiger partial charge in [0.25, 0.3) is 0 Å². The molecule has 1 aliphatic carbocycles. The maximum Gasteiger partial charge on any atom is 0.314 e. The van der Waals surface area contributed by atoms with E-state index in [9.17, 15) is 0 Å². The van der Waals surface area contributed by atoms with Crippen LogP contribution in [0.1, 0.15) is 57.5 Å². The highest BCUT2D eigenvalue weighted by atomic mass is 16.5. The monoisotopic (exact) mass is 399 g/mol. The van der Waals surface area contributed by atoms with Crippen molar-refractivity contribution in [3.63, 3.8) is 0 Å². The van der Waals surface area contributed by atoms with Crippen LogP contribution in [0.4, 0.5) is 5.82 Å². The molecule has 2 fully saturated rings. The second-order valence-electron chi connectivity index (χ2n) is 9.20. The minimum absolute atomic E-state index is 0.0236. The molecule has 1 saturated heterocycles. The quantitative estimate of drug-likeness (QED) is 0.662. The number of anilines is 1. The molecule has 4 rings (SSSR count). The lowest BCUT2D eigenvalue weighted by Gasteiger charge is -2.36. The van der Waals surface area contributed by atoms with Gasteiger partial charge in [0.05, 0.1) is 6.61 Å². The molecule has 8 heteroatoms. The third-order valence-electron chi connectivity index (χ3n) is 5.61. The molecule has 0 spiro atoms.